The van der Waals surface area contributed by atoms with Crippen LogP contribution in [-0.2, 0) is 14.6 Å². The first-order chi connectivity index (χ1) is 17.2. The number of nitrogens with zero attached hydrogens (tertiary/aromatic N) is 2. The normalized spacial score (nSPS) is 15.8. The Labute approximate surface area is 208 Å². The number of piperidine rings is 1. The number of nitrogens with one attached hydrogen (secondary N) is 2. The first-order valence-corrected chi connectivity index (χ1v) is 13.0. The van der Waals surface area contributed by atoms with Crippen molar-refractivity contribution in [2.75, 3.05) is 23.0 Å². The van der Waals surface area contributed by atoms with Gasteiger partial charge in [-0.2, -0.15) is 5.26 Å². The first kappa shape index (κ1) is 24.9. The Morgan fingerprint density at radius 2 is 1.83 bits per heavy atom. The number of amides is 3. The van der Waals surface area contributed by atoms with E-state index in [-0.39, 0.29) is 17.1 Å². The molecule has 1 heterocycles. The van der Waals surface area contributed by atoms with Crippen molar-refractivity contribution in [2.24, 2.45) is 0 Å². The highest BCUT2D eigenvalue weighted by Gasteiger charge is 2.32. The Kier molecular flexibility index (Phi) is 7.03. The van der Waals surface area contributed by atoms with Gasteiger partial charge in [0, 0.05) is 24.1 Å². The molecule has 10 heteroatoms. The zero-order chi connectivity index (χ0) is 25.9. The van der Waals surface area contributed by atoms with Crippen LogP contribution in [0.2, 0.25) is 0 Å². The summed E-state index contributed by atoms with van der Waals surface area (Å²) in [5.41, 5.74) is 1.71. The van der Waals surface area contributed by atoms with Crippen molar-refractivity contribution < 1.29 is 22.4 Å². The maximum absolute atomic E-state index is 15.2. The fourth-order valence-electron chi connectivity index (χ4n) is 4.12. The molecular formula is C26H23FN4O4S. The van der Waals surface area contributed by atoms with Crippen LogP contribution < -0.4 is 15.5 Å². The van der Waals surface area contributed by atoms with Gasteiger partial charge in [0.2, 0.25) is 5.91 Å². The highest BCUT2D eigenvalue weighted by atomic mass is 32.2. The van der Waals surface area contributed by atoms with Gasteiger partial charge in [-0.1, -0.05) is 24.3 Å². The second kappa shape index (κ2) is 10.2. The summed E-state index contributed by atoms with van der Waals surface area (Å²) in [6.45, 7) is 0.282. The number of nitriles is 1. The molecule has 0 aliphatic carbocycles. The van der Waals surface area contributed by atoms with E-state index in [2.05, 4.69) is 10.6 Å². The number of carbonyl (C=O) groups excluding carboxylic acids is 2. The molecule has 3 amide bonds. The molecule has 1 unspecified atom stereocenters. The van der Waals surface area contributed by atoms with Crippen LogP contribution in [0, 0.1) is 17.1 Å². The lowest BCUT2D eigenvalue weighted by atomic mass is 10.0. The van der Waals surface area contributed by atoms with E-state index in [1.54, 1.807) is 48.5 Å². The van der Waals surface area contributed by atoms with E-state index in [4.69, 9.17) is 5.26 Å². The SMILES string of the molecule is CS(=O)(=O)c1ccccc1-c1ccc(N2CCCC(NC(=O)Nc3ccc(C#N)cc3)C2=O)c(F)c1. The maximum atomic E-state index is 15.2. The molecule has 0 spiro atoms. The van der Waals surface area contributed by atoms with Gasteiger partial charge in [0.05, 0.1) is 22.2 Å². The highest BCUT2D eigenvalue weighted by Crippen LogP contribution is 2.32. The standard InChI is InChI=1S/C26H23FN4O4S/c1-36(34,35)24-7-3-2-5-20(24)18-10-13-23(21(27)15-18)31-14-4-6-22(25(31)32)30-26(33)29-19-11-8-17(16-28)9-12-19/h2-3,5,7-13,15,22H,4,6,14H2,1H3,(H2,29,30,33). The molecule has 1 aliphatic rings. The second-order valence-electron chi connectivity index (χ2n) is 8.41. The van der Waals surface area contributed by atoms with E-state index in [1.807, 2.05) is 6.07 Å². The van der Waals surface area contributed by atoms with Crippen LogP contribution in [0.15, 0.2) is 71.6 Å². The van der Waals surface area contributed by atoms with Gasteiger partial charge in [0.25, 0.3) is 0 Å². The molecule has 0 saturated carbocycles. The number of halogens is 1. The van der Waals surface area contributed by atoms with Crippen molar-refractivity contribution in [2.45, 2.75) is 23.8 Å². The number of hydrogen-bond acceptors (Lipinski definition) is 5. The zero-order valence-corrected chi connectivity index (χ0v) is 20.2. The van der Waals surface area contributed by atoms with Crippen molar-refractivity contribution in [3.63, 3.8) is 0 Å². The molecule has 4 rings (SSSR count). The van der Waals surface area contributed by atoms with E-state index < -0.39 is 33.6 Å². The third kappa shape index (κ3) is 5.37. The Bertz CT molecular complexity index is 1470. The zero-order valence-electron chi connectivity index (χ0n) is 19.4. The molecule has 3 aromatic carbocycles. The first-order valence-electron chi connectivity index (χ1n) is 11.2. The molecule has 8 nitrogen and oxygen atoms in total. The molecule has 1 aliphatic heterocycles. The third-order valence-electron chi connectivity index (χ3n) is 5.85. The monoisotopic (exact) mass is 506 g/mol. The van der Waals surface area contributed by atoms with Gasteiger partial charge in [0.1, 0.15) is 11.9 Å². The summed E-state index contributed by atoms with van der Waals surface area (Å²) in [5.74, 6) is -1.12. The molecule has 0 aromatic heterocycles. The number of carbonyl (C=O) groups is 2. The molecule has 1 saturated heterocycles. The van der Waals surface area contributed by atoms with Gasteiger partial charge in [-0.05, 0) is 60.9 Å². The predicted octanol–water partition coefficient (Wildman–Crippen LogP) is 4.08. The van der Waals surface area contributed by atoms with E-state index in [0.29, 0.717) is 35.2 Å². The molecule has 0 radical (unpaired) electrons. The van der Waals surface area contributed by atoms with Crippen LogP contribution >= 0.6 is 0 Å². The predicted molar refractivity (Wildman–Crippen MR) is 134 cm³/mol. The largest absolute Gasteiger partial charge is 0.326 e. The maximum Gasteiger partial charge on any atom is 0.319 e. The van der Waals surface area contributed by atoms with E-state index in [1.165, 1.54) is 23.1 Å². The number of urea groups is 1. The second-order valence-corrected chi connectivity index (χ2v) is 10.4. The molecule has 184 valence electrons. The van der Waals surface area contributed by atoms with Gasteiger partial charge >= 0.3 is 6.03 Å². The number of benzene rings is 3. The lowest BCUT2D eigenvalue weighted by molar-refractivity contribution is -0.121. The van der Waals surface area contributed by atoms with Crippen LogP contribution in [0.5, 0.6) is 0 Å². The summed E-state index contributed by atoms with van der Waals surface area (Å²) in [7, 11) is -3.53. The van der Waals surface area contributed by atoms with Crippen LogP contribution in [-0.4, -0.2) is 39.2 Å². The van der Waals surface area contributed by atoms with Gasteiger partial charge in [0.15, 0.2) is 9.84 Å². The Morgan fingerprint density at radius 1 is 1.11 bits per heavy atom. The molecular weight excluding hydrogens is 483 g/mol. The van der Waals surface area contributed by atoms with Crippen LogP contribution in [0.3, 0.4) is 0 Å². The number of rotatable bonds is 5. The third-order valence-corrected chi connectivity index (χ3v) is 7.01. The van der Waals surface area contributed by atoms with E-state index >= 15 is 4.39 Å². The van der Waals surface area contributed by atoms with Crippen molar-refractivity contribution in [1.82, 2.24) is 5.32 Å². The quantitative estimate of drug-likeness (QED) is 0.540. The average Bonchev–Trinajstić information content (AvgIpc) is 2.85. The fraction of sp³-hybridized carbons (Fsp3) is 0.192. The minimum Gasteiger partial charge on any atom is -0.326 e. The Balaban J connectivity index is 1.50. The molecule has 2 N–H and O–H groups in total. The van der Waals surface area contributed by atoms with Crippen molar-refractivity contribution >= 4 is 33.2 Å². The van der Waals surface area contributed by atoms with Gasteiger partial charge in [-0.3, -0.25) is 4.79 Å². The van der Waals surface area contributed by atoms with Crippen LogP contribution in [0.4, 0.5) is 20.6 Å². The topological polar surface area (TPSA) is 119 Å². The highest BCUT2D eigenvalue weighted by molar-refractivity contribution is 7.90. The minimum atomic E-state index is -3.53. The summed E-state index contributed by atoms with van der Waals surface area (Å²) < 4.78 is 39.5. The fourth-order valence-corrected chi connectivity index (χ4v) is 5.03. The van der Waals surface area contributed by atoms with Crippen molar-refractivity contribution in [1.29, 1.82) is 5.26 Å². The van der Waals surface area contributed by atoms with Crippen molar-refractivity contribution in [3.8, 4) is 17.2 Å². The van der Waals surface area contributed by atoms with Gasteiger partial charge in [-0.15, -0.1) is 0 Å². The molecule has 1 fully saturated rings. The molecule has 3 aromatic rings. The minimum absolute atomic E-state index is 0.0552. The molecule has 1 atom stereocenters. The number of anilines is 2. The van der Waals surface area contributed by atoms with Crippen LogP contribution in [0.25, 0.3) is 11.1 Å². The number of sulfone groups is 1. The summed E-state index contributed by atoms with van der Waals surface area (Å²) in [5, 5.41) is 14.1. The van der Waals surface area contributed by atoms with Crippen LogP contribution in [0.1, 0.15) is 18.4 Å². The Hall–Kier alpha value is -4.23. The van der Waals surface area contributed by atoms with E-state index in [9.17, 15) is 18.0 Å². The molecule has 0 bridgehead atoms. The Morgan fingerprint density at radius 3 is 2.50 bits per heavy atom. The lowest BCUT2D eigenvalue weighted by Crippen LogP contribution is -2.53. The summed E-state index contributed by atoms with van der Waals surface area (Å²) in [6, 6.07) is 17.4. The van der Waals surface area contributed by atoms with Gasteiger partial charge < -0.3 is 15.5 Å². The summed E-state index contributed by atoms with van der Waals surface area (Å²) in [6.07, 6.45) is 2.04. The van der Waals surface area contributed by atoms with Crippen molar-refractivity contribution in [3.05, 3.63) is 78.1 Å². The smallest absolute Gasteiger partial charge is 0.319 e. The number of hydrogen-bond donors (Lipinski definition) is 2. The van der Waals surface area contributed by atoms with E-state index in [0.717, 1.165) is 6.26 Å². The molecule has 36 heavy (non-hydrogen) atoms. The average molecular weight is 507 g/mol. The summed E-state index contributed by atoms with van der Waals surface area (Å²) >= 11 is 0. The van der Waals surface area contributed by atoms with Gasteiger partial charge in [-0.25, -0.2) is 17.6 Å². The lowest BCUT2D eigenvalue weighted by Gasteiger charge is -2.33. The summed E-state index contributed by atoms with van der Waals surface area (Å²) in [4.78, 5) is 26.9.